The molecule has 0 aromatic carbocycles. The third-order valence-electron chi connectivity index (χ3n) is 13.8. The van der Waals surface area contributed by atoms with E-state index < -0.39 is 252 Å². The number of hydrogen-bond donors (Lipinski definition) is 20. The van der Waals surface area contributed by atoms with Crippen molar-refractivity contribution in [3.63, 3.8) is 0 Å². The van der Waals surface area contributed by atoms with Gasteiger partial charge in [-0.15, -0.1) is 0 Å². The van der Waals surface area contributed by atoms with Gasteiger partial charge in [-0.1, -0.05) is 0 Å². The molecule has 6 saturated heterocycles. The molecule has 0 aromatic heterocycles. The Labute approximate surface area is 453 Å². The van der Waals surface area contributed by atoms with Crippen molar-refractivity contribution in [1.29, 1.82) is 0 Å². The maximum absolute atomic E-state index is 12.5. The van der Waals surface area contributed by atoms with E-state index in [2.05, 4.69) is 20.1 Å². The van der Waals surface area contributed by atoms with Crippen LogP contribution >= 0.6 is 0 Å². The average Bonchev–Trinajstić information content (AvgIpc) is 3.39. The Morgan fingerprint density at radius 2 is 0.750 bits per heavy atom. The lowest BCUT2D eigenvalue weighted by Gasteiger charge is -2.50. The molecule has 38 heteroatoms. The second-order valence-electron chi connectivity index (χ2n) is 19.5. The zero-order valence-corrected chi connectivity index (χ0v) is 43.3. The highest BCUT2D eigenvalue weighted by Crippen LogP contribution is 2.36. The molecular formula is C42H71N3O34S. The molecule has 0 aliphatic carbocycles. The number of ether oxygens (including phenoxy) is 11. The molecule has 6 heterocycles. The van der Waals surface area contributed by atoms with Crippen LogP contribution in [0.15, 0.2) is 0 Å². The standard InChI is InChI=1S/C42H71N3O34S/c1-10(50)43-19-26(57)33(77-41-31(62)29(60)23(54)18(75-41)9-69-80(65,66)67)15(6-48)73-38(19)68-8-17-25(56)35(21(37(64)70-17)45-12(3)52)78-42-32(63)36(24(55)14(5-47)72-42)79-39-20(44-11(2)51)27(58)34(16(7-49)74-39)76-40-30(61)28(59)22(53)13(4-46)71-40/h13-42,46-49,53-64H,4-9H2,1-3H3,(H,43,50)(H,44,51)(H,45,52)(H,65,66,67)/t13-,14-,15-,16-,17-,18-,19-,20-,21-,22+,23+,24+,25+,26-,27-,28+,29+,30-,31-,32-,33-,34-,35-,36+,37?,38-,39+,40+,41+,42+/m1/s1. The topological polar surface area (TPSA) is 576 Å². The summed E-state index contributed by atoms with van der Waals surface area (Å²) in [4.78, 5) is 37.4. The molecule has 1 unspecified atom stereocenters. The van der Waals surface area contributed by atoms with Crippen molar-refractivity contribution in [2.45, 2.75) is 205 Å². The summed E-state index contributed by atoms with van der Waals surface area (Å²) in [5, 5.41) is 180. The van der Waals surface area contributed by atoms with Gasteiger partial charge in [0.1, 0.15) is 146 Å². The quantitative estimate of drug-likeness (QED) is 0.0475. The fourth-order valence-corrected chi connectivity index (χ4v) is 10.1. The lowest BCUT2D eigenvalue weighted by Crippen LogP contribution is -2.70. The fraction of sp³-hybridized carbons (Fsp3) is 0.929. The van der Waals surface area contributed by atoms with Gasteiger partial charge in [0.25, 0.3) is 0 Å². The van der Waals surface area contributed by atoms with Gasteiger partial charge in [0.15, 0.2) is 37.7 Å². The zero-order chi connectivity index (χ0) is 59.4. The minimum atomic E-state index is -5.11. The van der Waals surface area contributed by atoms with Crippen LogP contribution in [-0.2, 0) is 81.1 Å². The van der Waals surface area contributed by atoms with Crippen LogP contribution in [0, 0.1) is 0 Å². The number of carbonyl (C=O) groups is 3. The van der Waals surface area contributed by atoms with Crippen LogP contribution in [0.4, 0.5) is 0 Å². The van der Waals surface area contributed by atoms with Gasteiger partial charge in [0, 0.05) is 20.8 Å². The van der Waals surface area contributed by atoms with Crippen molar-refractivity contribution >= 4 is 28.1 Å². The van der Waals surface area contributed by atoms with Crippen molar-refractivity contribution in [3.05, 3.63) is 0 Å². The predicted octanol–water partition coefficient (Wildman–Crippen LogP) is -13.8. The molecule has 3 amide bonds. The number of carbonyl (C=O) groups excluding carboxylic acids is 3. The molecule has 37 nitrogen and oxygen atoms in total. The first-order valence-electron chi connectivity index (χ1n) is 24.8. The Morgan fingerprint density at radius 3 is 1.23 bits per heavy atom. The molecule has 80 heavy (non-hydrogen) atoms. The highest BCUT2D eigenvalue weighted by Gasteiger charge is 2.57. The molecule has 464 valence electrons. The lowest BCUT2D eigenvalue weighted by molar-refractivity contribution is -0.376. The van der Waals surface area contributed by atoms with Crippen molar-refractivity contribution in [2.75, 3.05) is 39.6 Å². The van der Waals surface area contributed by atoms with E-state index in [4.69, 9.17) is 56.7 Å². The summed E-state index contributed by atoms with van der Waals surface area (Å²) in [6.45, 7) is -3.00. The second kappa shape index (κ2) is 28.4. The van der Waals surface area contributed by atoms with Crippen LogP contribution in [0.25, 0.3) is 0 Å². The van der Waals surface area contributed by atoms with E-state index >= 15 is 0 Å². The summed E-state index contributed by atoms with van der Waals surface area (Å²) in [7, 11) is -5.11. The number of amides is 3. The Balaban J connectivity index is 1.19. The molecule has 6 aliphatic heterocycles. The molecule has 0 spiro atoms. The van der Waals surface area contributed by atoms with Crippen LogP contribution in [0.2, 0.25) is 0 Å². The smallest absolute Gasteiger partial charge is 0.394 e. The minimum absolute atomic E-state index is 0.840. The number of rotatable bonds is 21. The largest absolute Gasteiger partial charge is 0.397 e. The van der Waals surface area contributed by atoms with Gasteiger partial charge in [0.2, 0.25) is 17.7 Å². The van der Waals surface area contributed by atoms with E-state index in [0.717, 1.165) is 20.8 Å². The molecule has 0 saturated carbocycles. The van der Waals surface area contributed by atoms with E-state index in [1.165, 1.54) is 0 Å². The summed E-state index contributed by atoms with van der Waals surface area (Å²) >= 11 is 0. The van der Waals surface area contributed by atoms with Gasteiger partial charge >= 0.3 is 10.4 Å². The third kappa shape index (κ3) is 15.4. The molecule has 30 atom stereocenters. The summed E-state index contributed by atoms with van der Waals surface area (Å²) < 4.78 is 98.3. The first-order chi connectivity index (χ1) is 37.5. The van der Waals surface area contributed by atoms with Gasteiger partial charge in [-0.25, -0.2) is 4.18 Å². The molecule has 6 aliphatic rings. The minimum Gasteiger partial charge on any atom is -0.394 e. The number of hydrogen-bond acceptors (Lipinski definition) is 33. The van der Waals surface area contributed by atoms with Gasteiger partial charge in [-0.2, -0.15) is 8.42 Å². The summed E-state index contributed by atoms with van der Waals surface area (Å²) in [6, 6.07) is -5.23. The highest BCUT2D eigenvalue weighted by molar-refractivity contribution is 7.80. The van der Waals surface area contributed by atoms with E-state index in [-0.39, 0.29) is 0 Å². The molecular weight excluding hydrogens is 1120 g/mol. The van der Waals surface area contributed by atoms with Crippen LogP contribution in [0.3, 0.4) is 0 Å². The van der Waals surface area contributed by atoms with E-state index in [0.29, 0.717) is 0 Å². The molecule has 20 N–H and O–H groups in total. The summed E-state index contributed by atoms with van der Waals surface area (Å²) in [5.41, 5.74) is 0. The van der Waals surface area contributed by atoms with Crippen molar-refractivity contribution < 1.29 is 165 Å². The van der Waals surface area contributed by atoms with Gasteiger partial charge in [-0.3, -0.25) is 18.9 Å². The van der Waals surface area contributed by atoms with Crippen LogP contribution in [-0.4, -0.2) is 336 Å². The SMILES string of the molecule is CC(=O)N[C@H]1[C@H](OC[C@H]2OC(O)[C@H](NC(C)=O)[C@@H](O[C@@H]3O[C@H](CO)[C@H](O)[C@H](O[C@@H]4O[C@H](CO)[C@@H](O[C@@H]5O[C@H](CO)[C@H](O)[C@H](O)[C@H]5O)[C@H](O)[C@H]4NC(C)=O)[C@H]3O)[C@H]2O)O[C@H](CO)[C@@H](O[C@@H]2O[C@H](COS(=O)(=O)O)[C@H](O)[C@H](O)[C@H]2O)[C@@H]1O. The first-order valence-corrected chi connectivity index (χ1v) is 26.1. The normalized spacial score (nSPS) is 46.5. The Hall–Kier alpha value is -2.80. The number of aliphatic hydroxyl groups is 16. The summed E-state index contributed by atoms with van der Waals surface area (Å²) in [5.74, 6) is -2.53. The Morgan fingerprint density at radius 1 is 0.388 bits per heavy atom. The Bertz CT molecular complexity index is 2130. The third-order valence-corrected chi connectivity index (χ3v) is 14.3. The van der Waals surface area contributed by atoms with Crippen molar-refractivity contribution in [2.24, 2.45) is 0 Å². The monoisotopic (exact) mass is 1190 g/mol. The molecule has 6 rings (SSSR count). The number of aliphatic hydroxyl groups excluding tert-OH is 16. The molecule has 0 radical (unpaired) electrons. The maximum Gasteiger partial charge on any atom is 0.397 e. The predicted molar refractivity (Wildman–Crippen MR) is 244 cm³/mol. The van der Waals surface area contributed by atoms with Crippen molar-refractivity contribution in [1.82, 2.24) is 16.0 Å². The van der Waals surface area contributed by atoms with Crippen molar-refractivity contribution in [3.8, 4) is 0 Å². The lowest BCUT2D eigenvalue weighted by atomic mass is 9.94. The zero-order valence-electron chi connectivity index (χ0n) is 42.5. The van der Waals surface area contributed by atoms with Crippen LogP contribution < -0.4 is 16.0 Å². The van der Waals surface area contributed by atoms with Gasteiger partial charge < -0.3 is 150 Å². The van der Waals surface area contributed by atoms with Crippen LogP contribution in [0.5, 0.6) is 0 Å². The molecule has 0 aromatic rings. The van der Waals surface area contributed by atoms with E-state index in [1.807, 2.05) is 0 Å². The van der Waals surface area contributed by atoms with E-state index in [1.54, 1.807) is 0 Å². The van der Waals surface area contributed by atoms with Gasteiger partial charge in [0.05, 0.1) is 39.6 Å². The van der Waals surface area contributed by atoms with E-state index in [9.17, 15) is 105 Å². The Kier molecular flexibility index (Phi) is 23.5. The second-order valence-corrected chi connectivity index (χ2v) is 20.6. The van der Waals surface area contributed by atoms with Crippen LogP contribution in [0.1, 0.15) is 20.8 Å². The maximum atomic E-state index is 12.5. The highest BCUT2D eigenvalue weighted by atomic mass is 32.3. The summed E-state index contributed by atoms with van der Waals surface area (Å²) in [6.07, 6.45) is -52.3. The van der Waals surface area contributed by atoms with Gasteiger partial charge in [-0.05, 0) is 0 Å². The number of nitrogens with one attached hydrogen (secondary N) is 3. The average molecular weight is 1190 g/mol. The molecule has 0 bridgehead atoms. The molecule has 6 fully saturated rings. The first kappa shape index (κ1) is 66.3. The fourth-order valence-electron chi connectivity index (χ4n) is 9.76.